The fraction of sp³-hybridized carbons (Fsp3) is 0.667. The second-order valence-corrected chi connectivity index (χ2v) is 5.88. The Bertz CT molecular complexity index is 520. The van der Waals surface area contributed by atoms with Crippen LogP contribution in [0.25, 0.3) is 0 Å². The number of carboxylic acids is 1. The van der Waals surface area contributed by atoms with E-state index in [0.29, 0.717) is 11.2 Å². The Balaban J connectivity index is 2.41. The van der Waals surface area contributed by atoms with Gasteiger partial charge >= 0.3 is 13.1 Å². The minimum atomic E-state index is -1.00. The molecular formula is C12H19BN2O4. The molecule has 0 bridgehead atoms. The molecule has 2 heterocycles. The Morgan fingerprint density at radius 1 is 1.26 bits per heavy atom. The molecule has 1 aromatic rings. The molecule has 19 heavy (non-hydrogen) atoms. The highest BCUT2D eigenvalue weighted by molar-refractivity contribution is 6.61. The van der Waals surface area contributed by atoms with E-state index in [-0.39, 0.29) is 5.69 Å². The average molecular weight is 266 g/mol. The average Bonchev–Trinajstić information content (AvgIpc) is 2.62. The summed E-state index contributed by atoms with van der Waals surface area (Å²) < 4.78 is 13.1. The van der Waals surface area contributed by atoms with Gasteiger partial charge in [0.15, 0.2) is 0 Å². The van der Waals surface area contributed by atoms with E-state index in [1.807, 2.05) is 27.7 Å². The lowest BCUT2D eigenvalue weighted by Crippen LogP contribution is -2.41. The van der Waals surface area contributed by atoms with Gasteiger partial charge in [-0.1, -0.05) is 0 Å². The molecule has 2 rings (SSSR count). The minimum Gasteiger partial charge on any atom is -0.477 e. The summed E-state index contributed by atoms with van der Waals surface area (Å²) in [4.78, 5) is 11.2. The van der Waals surface area contributed by atoms with Crippen molar-refractivity contribution in [1.29, 1.82) is 0 Å². The molecule has 1 saturated heterocycles. The summed E-state index contributed by atoms with van der Waals surface area (Å²) in [7, 11) is 0.967. The van der Waals surface area contributed by atoms with Crippen LogP contribution in [0.1, 0.15) is 43.7 Å². The van der Waals surface area contributed by atoms with E-state index in [9.17, 15) is 4.79 Å². The second-order valence-electron chi connectivity index (χ2n) is 5.88. The Morgan fingerprint density at radius 3 is 2.11 bits per heavy atom. The largest absolute Gasteiger partial charge is 0.516 e. The molecule has 1 N–H and O–H groups in total. The number of hydrogen-bond acceptors (Lipinski definition) is 4. The van der Waals surface area contributed by atoms with E-state index < -0.39 is 24.3 Å². The zero-order chi connectivity index (χ0) is 14.6. The first-order chi connectivity index (χ1) is 8.57. The van der Waals surface area contributed by atoms with Crippen LogP contribution in [0.3, 0.4) is 0 Å². The van der Waals surface area contributed by atoms with Gasteiger partial charge in [-0.05, 0) is 34.6 Å². The molecule has 104 valence electrons. The van der Waals surface area contributed by atoms with Crippen LogP contribution in [-0.2, 0) is 16.4 Å². The van der Waals surface area contributed by atoms with Crippen molar-refractivity contribution in [3.63, 3.8) is 0 Å². The van der Waals surface area contributed by atoms with Crippen molar-refractivity contribution in [2.75, 3.05) is 0 Å². The highest BCUT2D eigenvalue weighted by atomic mass is 16.7. The second kappa shape index (κ2) is 4.08. The third-order valence-corrected chi connectivity index (χ3v) is 4.00. The Labute approximate surface area is 112 Å². The summed E-state index contributed by atoms with van der Waals surface area (Å²) in [5.74, 6) is -1.00. The van der Waals surface area contributed by atoms with Crippen LogP contribution >= 0.6 is 0 Å². The highest BCUT2D eigenvalue weighted by Crippen LogP contribution is 2.36. The summed E-state index contributed by atoms with van der Waals surface area (Å²) in [5.41, 5.74) is 0.326. The third-order valence-electron chi connectivity index (χ3n) is 4.00. The molecule has 6 nitrogen and oxygen atoms in total. The Morgan fingerprint density at radius 2 is 1.74 bits per heavy atom. The smallest absolute Gasteiger partial charge is 0.477 e. The first kappa shape index (κ1) is 14.1. The van der Waals surface area contributed by atoms with Gasteiger partial charge in [0.25, 0.3) is 0 Å². The topological polar surface area (TPSA) is 73.6 Å². The molecule has 1 aliphatic rings. The van der Waals surface area contributed by atoms with Crippen molar-refractivity contribution < 1.29 is 19.2 Å². The van der Waals surface area contributed by atoms with Gasteiger partial charge in [0, 0.05) is 12.6 Å². The maximum Gasteiger partial charge on any atom is 0.516 e. The fourth-order valence-electron chi connectivity index (χ4n) is 2.13. The summed E-state index contributed by atoms with van der Waals surface area (Å²) in [6.45, 7) is 9.51. The van der Waals surface area contributed by atoms with Crippen molar-refractivity contribution in [2.45, 2.75) is 45.8 Å². The molecule has 0 aliphatic carbocycles. The van der Waals surface area contributed by atoms with Crippen molar-refractivity contribution >= 4 is 18.7 Å². The van der Waals surface area contributed by atoms with Crippen molar-refractivity contribution in [2.24, 2.45) is 7.05 Å². The number of hydrogen-bond donors (Lipinski definition) is 1. The maximum atomic E-state index is 11.2. The van der Waals surface area contributed by atoms with Crippen LogP contribution in [0, 0.1) is 6.92 Å². The highest BCUT2D eigenvalue weighted by Gasteiger charge is 2.53. The molecule has 1 aromatic heterocycles. The van der Waals surface area contributed by atoms with Crippen LogP contribution in [0.5, 0.6) is 0 Å². The van der Waals surface area contributed by atoms with Crippen molar-refractivity contribution in [3.8, 4) is 0 Å². The summed E-state index contributed by atoms with van der Waals surface area (Å²) in [6.07, 6.45) is 0. The van der Waals surface area contributed by atoms with Gasteiger partial charge in [0.05, 0.1) is 16.8 Å². The van der Waals surface area contributed by atoms with Gasteiger partial charge in [-0.15, -0.1) is 0 Å². The minimum absolute atomic E-state index is 0.157. The van der Waals surface area contributed by atoms with Crippen LogP contribution in [0.2, 0.25) is 0 Å². The quantitative estimate of drug-likeness (QED) is 0.798. The fourth-order valence-corrected chi connectivity index (χ4v) is 2.13. The number of aryl methyl sites for hydroxylation is 1. The van der Waals surface area contributed by atoms with Crippen molar-refractivity contribution in [1.82, 2.24) is 9.78 Å². The molecule has 0 amide bonds. The van der Waals surface area contributed by atoms with Gasteiger partial charge in [0.2, 0.25) is 0 Å². The van der Waals surface area contributed by atoms with Gasteiger partial charge in [-0.2, -0.15) is 5.10 Å². The molecule has 7 heteroatoms. The first-order valence-electron chi connectivity index (χ1n) is 6.19. The molecule has 0 radical (unpaired) electrons. The number of aromatic carboxylic acids is 1. The van der Waals surface area contributed by atoms with Crippen LogP contribution < -0.4 is 5.59 Å². The molecule has 0 aromatic carbocycles. The lowest BCUT2D eigenvalue weighted by atomic mass is 9.82. The van der Waals surface area contributed by atoms with Crippen LogP contribution in [0.4, 0.5) is 0 Å². The predicted molar refractivity (Wildman–Crippen MR) is 70.6 cm³/mol. The van der Waals surface area contributed by atoms with Gasteiger partial charge in [-0.3, -0.25) is 4.68 Å². The van der Waals surface area contributed by atoms with E-state index >= 15 is 0 Å². The normalized spacial score (nSPS) is 20.8. The third kappa shape index (κ3) is 2.06. The standard InChI is InChI=1S/C12H19BN2O4/c1-7-8(10(16)17)15(6)14-9(7)13-18-11(2,3)12(4,5)19-13/h1-6H3,(H,16,17). The van der Waals surface area contributed by atoms with Crippen LogP contribution in [0.15, 0.2) is 0 Å². The van der Waals surface area contributed by atoms with Gasteiger partial charge < -0.3 is 14.4 Å². The summed E-state index contributed by atoms with van der Waals surface area (Å²) >= 11 is 0. The van der Waals surface area contributed by atoms with E-state index in [1.54, 1.807) is 14.0 Å². The monoisotopic (exact) mass is 266 g/mol. The Hall–Kier alpha value is -1.34. The van der Waals surface area contributed by atoms with E-state index in [4.69, 9.17) is 14.4 Å². The summed E-state index contributed by atoms with van der Waals surface area (Å²) in [5, 5.41) is 13.4. The van der Waals surface area contributed by atoms with E-state index in [2.05, 4.69) is 5.10 Å². The molecule has 0 saturated carbocycles. The number of rotatable bonds is 2. The van der Waals surface area contributed by atoms with Crippen LogP contribution in [-0.4, -0.2) is 39.2 Å². The number of nitrogens with zero attached hydrogens (tertiary/aromatic N) is 2. The SMILES string of the molecule is Cc1c(B2OC(C)(C)C(C)(C)O2)nn(C)c1C(=O)O. The maximum absolute atomic E-state index is 11.2. The van der Waals surface area contributed by atoms with E-state index in [0.717, 1.165) is 0 Å². The molecule has 0 unspecified atom stereocenters. The van der Waals surface area contributed by atoms with Gasteiger partial charge in [0.1, 0.15) is 5.69 Å². The zero-order valence-corrected chi connectivity index (χ0v) is 12.1. The lowest BCUT2D eigenvalue weighted by Gasteiger charge is -2.32. The lowest BCUT2D eigenvalue weighted by molar-refractivity contribution is 0.00578. The molecular weight excluding hydrogens is 247 g/mol. The molecule has 1 fully saturated rings. The number of aromatic nitrogens is 2. The molecule has 0 atom stereocenters. The zero-order valence-electron chi connectivity index (χ0n) is 12.1. The summed E-state index contributed by atoms with van der Waals surface area (Å²) in [6, 6.07) is 0. The van der Waals surface area contributed by atoms with E-state index in [1.165, 1.54) is 4.68 Å². The van der Waals surface area contributed by atoms with Crippen molar-refractivity contribution in [3.05, 3.63) is 11.3 Å². The Kier molecular flexibility index (Phi) is 3.02. The number of carboxylic acid groups (broad SMARTS) is 1. The van der Waals surface area contributed by atoms with Gasteiger partial charge in [-0.25, -0.2) is 4.79 Å². The molecule has 1 aliphatic heterocycles. The molecule has 0 spiro atoms. The first-order valence-corrected chi connectivity index (χ1v) is 6.19. The predicted octanol–water partition coefficient (Wildman–Crippen LogP) is 0.726. The number of carbonyl (C=O) groups is 1.